The Bertz CT molecular complexity index is 958. The van der Waals surface area contributed by atoms with Gasteiger partial charge in [0, 0.05) is 11.8 Å². The van der Waals surface area contributed by atoms with Crippen molar-refractivity contribution in [3.05, 3.63) is 41.2 Å². The van der Waals surface area contributed by atoms with E-state index >= 15 is 0 Å². The number of hydrogen-bond acceptors (Lipinski definition) is 4. The van der Waals surface area contributed by atoms with Crippen molar-refractivity contribution in [3.8, 4) is 11.1 Å². The fourth-order valence-electron chi connectivity index (χ4n) is 2.60. The molecule has 1 amide bonds. The zero-order valence-electron chi connectivity index (χ0n) is 12.7. The third kappa shape index (κ3) is 2.87. The first-order chi connectivity index (χ1) is 11.5. The summed E-state index contributed by atoms with van der Waals surface area (Å²) in [5, 5.41) is 3.66. The Morgan fingerprint density at radius 3 is 2.92 bits per heavy atom. The molecule has 1 aromatic carbocycles. The molecule has 122 valence electrons. The van der Waals surface area contributed by atoms with Gasteiger partial charge in [-0.05, 0) is 42.7 Å². The van der Waals surface area contributed by atoms with Crippen molar-refractivity contribution in [1.29, 1.82) is 0 Å². The van der Waals surface area contributed by atoms with Crippen LogP contribution in [0.3, 0.4) is 0 Å². The number of benzene rings is 1. The van der Waals surface area contributed by atoms with Crippen LogP contribution < -0.4 is 5.32 Å². The highest BCUT2D eigenvalue weighted by molar-refractivity contribution is 7.22. The van der Waals surface area contributed by atoms with Gasteiger partial charge in [-0.3, -0.25) is 4.79 Å². The molecule has 0 saturated heterocycles. The van der Waals surface area contributed by atoms with Gasteiger partial charge in [0.05, 0.1) is 16.1 Å². The first kappa shape index (κ1) is 15.5. The Labute approximate surface area is 146 Å². The molecule has 1 aliphatic carbocycles. The Kier molecular flexibility index (Phi) is 3.73. The minimum atomic E-state index is -1.01. The fourth-order valence-corrected chi connectivity index (χ4v) is 3.72. The molecule has 2 aromatic heterocycles. The molecule has 2 heterocycles. The number of rotatable bonds is 3. The fraction of sp³-hybridized carbons (Fsp3) is 0.235. The van der Waals surface area contributed by atoms with Crippen LogP contribution in [0.25, 0.3) is 21.3 Å². The van der Waals surface area contributed by atoms with E-state index in [0.29, 0.717) is 16.7 Å². The van der Waals surface area contributed by atoms with Crippen molar-refractivity contribution in [2.24, 2.45) is 5.92 Å². The number of aromatic nitrogens is 2. The summed E-state index contributed by atoms with van der Waals surface area (Å²) >= 11 is 7.28. The Hall–Kier alpha value is -2.05. The number of nitrogens with one attached hydrogen (secondary N) is 1. The van der Waals surface area contributed by atoms with Crippen molar-refractivity contribution in [2.45, 2.75) is 19.5 Å². The van der Waals surface area contributed by atoms with Crippen molar-refractivity contribution in [2.75, 3.05) is 5.32 Å². The molecule has 0 spiro atoms. The van der Waals surface area contributed by atoms with Crippen LogP contribution in [0.1, 0.15) is 12.0 Å². The molecule has 0 aliphatic heterocycles. The second-order valence-corrected chi connectivity index (χ2v) is 7.29. The summed E-state index contributed by atoms with van der Waals surface area (Å²) in [6.07, 6.45) is 1.05. The number of pyridine rings is 1. The van der Waals surface area contributed by atoms with Crippen molar-refractivity contribution in [3.63, 3.8) is 0 Å². The van der Waals surface area contributed by atoms with Crippen molar-refractivity contribution < 1.29 is 9.18 Å². The van der Waals surface area contributed by atoms with E-state index in [-0.39, 0.29) is 5.91 Å². The van der Waals surface area contributed by atoms with Gasteiger partial charge >= 0.3 is 0 Å². The molecule has 1 fully saturated rings. The quantitative estimate of drug-likeness (QED) is 0.693. The normalized spacial score (nSPS) is 19.5. The molecule has 1 aliphatic rings. The minimum absolute atomic E-state index is 0.292. The van der Waals surface area contributed by atoms with Gasteiger partial charge in [-0.2, -0.15) is 0 Å². The van der Waals surface area contributed by atoms with Gasteiger partial charge in [-0.15, -0.1) is 0 Å². The summed E-state index contributed by atoms with van der Waals surface area (Å²) in [5.41, 5.74) is 3.84. The first-order valence-corrected chi connectivity index (χ1v) is 8.69. The molecule has 0 bridgehead atoms. The standard InChI is InChI=1S/C17H13ClFN3OS/c1-8-4-15(18)20-7-11(8)9-2-3-13-14(5-9)24-17(21-13)22-16(23)10-6-12(10)19/h2-5,7,10,12H,6H2,1H3,(H,21,22,23). The number of alkyl halides is 1. The highest BCUT2D eigenvalue weighted by atomic mass is 35.5. The Morgan fingerprint density at radius 1 is 1.42 bits per heavy atom. The number of amides is 1. The van der Waals surface area contributed by atoms with Crippen LogP contribution in [0.4, 0.5) is 9.52 Å². The van der Waals surface area contributed by atoms with Gasteiger partial charge in [0.15, 0.2) is 5.13 Å². The third-order valence-corrected chi connectivity index (χ3v) is 5.20. The van der Waals surface area contributed by atoms with Crippen molar-refractivity contribution >= 4 is 44.2 Å². The van der Waals surface area contributed by atoms with E-state index in [0.717, 1.165) is 26.9 Å². The predicted molar refractivity (Wildman–Crippen MR) is 94.2 cm³/mol. The summed E-state index contributed by atoms with van der Waals surface area (Å²) in [6, 6.07) is 7.70. The molecule has 0 radical (unpaired) electrons. The van der Waals surface area contributed by atoms with Crippen LogP contribution >= 0.6 is 22.9 Å². The second kappa shape index (κ2) is 5.79. The molecule has 3 aromatic rings. The van der Waals surface area contributed by atoms with E-state index in [1.807, 2.05) is 31.2 Å². The lowest BCUT2D eigenvalue weighted by atomic mass is 10.0. The largest absolute Gasteiger partial charge is 0.302 e. The summed E-state index contributed by atoms with van der Waals surface area (Å²) in [4.78, 5) is 20.3. The highest BCUT2D eigenvalue weighted by Crippen LogP contribution is 2.36. The van der Waals surface area contributed by atoms with Gasteiger partial charge in [0.2, 0.25) is 5.91 Å². The average molecular weight is 362 g/mol. The summed E-state index contributed by atoms with van der Waals surface area (Å²) in [7, 11) is 0. The molecule has 4 nitrogen and oxygen atoms in total. The number of carbonyl (C=O) groups excluding carboxylic acids is 1. The van der Waals surface area contributed by atoms with E-state index in [9.17, 15) is 9.18 Å². The maximum atomic E-state index is 12.9. The number of halogens is 2. The number of fused-ring (bicyclic) bond motifs is 1. The Morgan fingerprint density at radius 2 is 2.21 bits per heavy atom. The number of aryl methyl sites for hydroxylation is 1. The van der Waals surface area contributed by atoms with E-state index < -0.39 is 12.1 Å². The topological polar surface area (TPSA) is 54.9 Å². The molecule has 1 saturated carbocycles. The average Bonchev–Trinajstić information content (AvgIpc) is 3.13. The first-order valence-electron chi connectivity index (χ1n) is 7.49. The number of carbonyl (C=O) groups is 1. The smallest absolute Gasteiger partial charge is 0.232 e. The highest BCUT2D eigenvalue weighted by Gasteiger charge is 2.43. The molecular weight excluding hydrogens is 349 g/mol. The summed E-state index contributed by atoms with van der Waals surface area (Å²) < 4.78 is 13.9. The molecular formula is C17H13ClFN3OS. The van der Waals surface area contributed by atoms with Crippen LogP contribution in [0.15, 0.2) is 30.5 Å². The third-order valence-electron chi connectivity index (χ3n) is 4.06. The Balaban J connectivity index is 1.64. The second-order valence-electron chi connectivity index (χ2n) is 5.87. The summed E-state index contributed by atoms with van der Waals surface area (Å²) in [5.74, 6) is -0.810. The molecule has 2 unspecified atom stereocenters. The van der Waals surface area contributed by atoms with Gasteiger partial charge in [-0.1, -0.05) is 29.0 Å². The van der Waals surface area contributed by atoms with E-state index in [1.54, 1.807) is 6.20 Å². The molecule has 7 heteroatoms. The predicted octanol–water partition coefficient (Wildman–Crippen LogP) is 4.62. The van der Waals surface area contributed by atoms with Gasteiger partial charge < -0.3 is 5.32 Å². The maximum Gasteiger partial charge on any atom is 0.232 e. The molecule has 1 N–H and O–H groups in total. The lowest BCUT2D eigenvalue weighted by Crippen LogP contribution is -2.14. The lowest BCUT2D eigenvalue weighted by molar-refractivity contribution is -0.117. The van der Waals surface area contributed by atoms with Crippen molar-refractivity contribution in [1.82, 2.24) is 9.97 Å². The number of hydrogen-bond donors (Lipinski definition) is 1. The maximum absolute atomic E-state index is 12.9. The zero-order chi connectivity index (χ0) is 16.8. The number of nitrogens with zero attached hydrogens (tertiary/aromatic N) is 2. The molecule has 2 atom stereocenters. The van der Waals surface area contributed by atoms with Crippen LogP contribution in [-0.2, 0) is 4.79 Å². The van der Waals surface area contributed by atoms with Crippen LogP contribution in [0.2, 0.25) is 5.15 Å². The molecule has 4 rings (SSSR count). The SMILES string of the molecule is Cc1cc(Cl)ncc1-c1ccc2nc(NC(=O)C3CC3F)sc2c1. The van der Waals surface area contributed by atoms with Gasteiger partial charge in [0.1, 0.15) is 11.3 Å². The van der Waals surface area contributed by atoms with E-state index in [1.165, 1.54) is 11.3 Å². The lowest BCUT2D eigenvalue weighted by Gasteiger charge is -2.05. The number of anilines is 1. The van der Waals surface area contributed by atoms with Crippen LogP contribution in [0, 0.1) is 12.8 Å². The van der Waals surface area contributed by atoms with Gasteiger partial charge in [0.25, 0.3) is 0 Å². The van der Waals surface area contributed by atoms with E-state index in [2.05, 4.69) is 15.3 Å². The van der Waals surface area contributed by atoms with Crippen LogP contribution in [0.5, 0.6) is 0 Å². The minimum Gasteiger partial charge on any atom is -0.302 e. The molecule has 24 heavy (non-hydrogen) atoms. The van der Waals surface area contributed by atoms with Gasteiger partial charge in [-0.25, -0.2) is 14.4 Å². The zero-order valence-corrected chi connectivity index (χ0v) is 14.3. The summed E-state index contributed by atoms with van der Waals surface area (Å²) in [6.45, 7) is 1.98. The van der Waals surface area contributed by atoms with E-state index in [4.69, 9.17) is 11.6 Å². The number of thiazole rings is 1. The monoisotopic (exact) mass is 361 g/mol. The van der Waals surface area contributed by atoms with Crippen LogP contribution in [-0.4, -0.2) is 22.0 Å².